The number of alkyl carbamates (subject to hydrolysis) is 1. The normalized spacial score (nSPS) is 25.6. The maximum Gasteiger partial charge on any atom is 0.407 e. The van der Waals surface area contributed by atoms with Crippen molar-refractivity contribution in [2.75, 3.05) is 13.2 Å². The van der Waals surface area contributed by atoms with Crippen molar-refractivity contribution in [1.29, 1.82) is 0 Å². The standard InChI is InChI=1S/C28H32N2O5/c1-17-14-15-30(25(17)27(32)33)26(31)22-12-6-7-13-24(22)29-28(34)35-16-23-20-10-4-2-8-18(20)19-9-3-5-11-21(19)23/h2-5,8-11,17,22-25H,6-7,12-16H2,1H3,(H,29,34)(H,32,33)/t17?,22-,24+,25?/m1/s1. The van der Waals surface area contributed by atoms with Crippen molar-refractivity contribution in [1.82, 2.24) is 10.2 Å². The van der Waals surface area contributed by atoms with Crippen molar-refractivity contribution in [3.8, 4) is 11.1 Å². The molecule has 2 aromatic rings. The van der Waals surface area contributed by atoms with Gasteiger partial charge in [0.15, 0.2) is 0 Å². The minimum absolute atomic E-state index is 0.0284. The zero-order valence-corrected chi connectivity index (χ0v) is 20.0. The van der Waals surface area contributed by atoms with E-state index < -0.39 is 24.0 Å². The van der Waals surface area contributed by atoms with Crippen molar-refractivity contribution in [2.45, 2.75) is 57.0 Å². The van der Waals surface area contributed by atoms with Crippen molar-refractivity contribution >= 4 is 18.0 Å². The molecular formula is C28H32N2O5. The number of nitrogens with one attached hydrogen (secondary N) is 1. The summed E-state index contributed by atoms with van der Waals surface area (Å²) in [4.78, 5) is 39.5. The number of hydrogen-bond acceptors (Lipinski definition) is 4. The molecule has 1 aliphatic heterocycles. The molecular weight excluding hydrogens is 444 g/mol. The van der Waals surface area contributed by atoms with Gasteiger partial charge < -0.3 is 20.1 Å². The molecule has 1 saturated heterocycles. The van der Waals surface area contributed by atoms with E-state index in [0.29, 0.717) is 25.8 Å². The molecule has 2 fully saturated rings. The van der Waals surface area contributed by atoms with Crippen LogP contribution in [0.2, 0.25) is 0 Å². The predicted octanol–water partition coefficient (Wildman–Crippen LogP) is 4.41. The van der Waals surface area contributed by atoms with Crippen LogP contribution in [0, 0.1) is 11.8 Å². The fraction of sp³-hybridized carbons (Fsp3) is 0.464. The van der Waals surface area contributed by atoms with Crippen LogP contribution in [0.5, 0.6) is 0 Å². The first-order valence-corrected chi connectivity index (χ1v) is 12.6. The Morgan fingerprint density at radius 1 is 0.971 bits per heavy atom. The summed E-state index contributed by atoms with van der Waals surface area (Å²) in [6.45, 7) is 2.54. The Labute approximate surface area is 205 Å². The number of aliphatic carboxylic acids is 1. The van der Waals surface area contributed by atoms with E-state index in [-0.39, 0.29) is 30.4 Å². The summed E-state index contributed by atoms with van der Waals surface area (Å²) < 4.78 is 5.70. The number of amides is 2. The van der Waals surface area contributed by atoms with Gasteiger partial charge in [0.1, 0.15) is 12.6 Å². The lowest BCUT2D eigenvalue weighted by atomic mass is 9.83. The molecule has 3 aliphatic rings. The second kappa shape index (κ2) is 9.72. The SMILES string of the molecule is CC1CCN(C(=O)[C@@H]2CCCC[C@@H]2NC(=O)OCC2c3ccccc3-c3ccccc32)C1C(=O)O. The van der Waals surface area contributed by atoms with E-state index >= 15 is 0 Å². The highest BCUT2D eigenvalue weighted by atomic mass is 16.5. The number of carboxylic acids is 1. The zero-order chi connectivity index (χ0) is 24.5. The fourth-order valence-electron chi connectivity index (χ4n) is 6.17. The van der Waals surface area contributed by atoms with Crippen LogP contribution in [0.1, 0.15) is 56.1 Å². The van der Waals surface area contributed by atoms with Gasteiger partial charge >= 0.3 is 12.1 Å². The first-order chi connectivity index (χ1) is 17.0. The third-order valence-corrected chi connectivity index (χ3v) is 7.97. The van der Waals surface area contributed by atoms with E-state index in [2.05, 4.69) is 29.6 Å². The average molecular weight is 477 g/mol. The molecule has 2 amide bonds. The fourth-order valence-corrected chi connectivity index (χ4v) is 6.17. The molecule has 1 saturated carbocycles. The number of carbonyl (C=O) groups excluding carboxylic acids is 2. The molecule has 0 spiro atoms. The molecule has 0 bridgehead atoms. The maximum atomic E-state index is 13.4. The number of nitrogens with zero attached hydrogens (tertiary/aromatic N) is 1. The van der Waals surface area contributed by atoms with E-state index in [0.717, 1.165) is 24.0 Å². The van der Waals surface area contributed by atoms with Crippen LogP contribution in [-0.2, 0) is 14.3 Å². The minimum atomic E-state index is -0.958. The molecule has 1 heterocycles. The topological polar surface area (TPSA) is 95.9 Å². The summed E-state index contributed by atoms with van der Waals surface area (Å²) in [6, 6.07) is 15.2. The Kier molecular flexibility index (Phi) is 6.50. The first kappa shape index (κ1) is 23.4. The smallest absolute Gasteiger partial charge is 0.407 e. The van der Waals surface area contributed by atoms with Gasteiger partial charge in [0.25, 0.3) is 0 Å². The molecule has 7 heteroatoms. The van der Waals surface area contributed by atoms with E-state index in [1.807, 2.05) is 31.2 Å². The molecule has 2 aromatic carbocycles. The lowest BCUT2D eigenvalue weighted by Crippen LogP contribution is -2.52. The van der Waals surface area contributed by atoms with Crippen molar-refractivity contribution in [3.63, 3.8) is 0 Å². The van der Waals surface area contributed by atoms with Crippen LogP contribution in [0.15, 0.2) is 48.5 Å². The number of benzene rings is 2. The van der Waals surface area contributed by atoms with E-state index in [1.165, 1.54) is 16.0 Å². The molecule has 5 rings (SSSR count). The molecule has 7 nitrogen and oxygen atoms in total. The number of rotatable bonds is 5. The van der Waals surface area contributed by atoms with Crippen molar-refractivity contribution < 1.29 is 24.2 Å². The molecule has 2 N–H and O–H groups in total. The van der Waals surface area contributed by atoms with Gasteiger partial charge in [-0.25, -0.2) is 9.59 Å². The number of hydrogen-bond donors (Lipinski definition) is 2. The highest BCUT2D eigenvalue weighted by Crippen LogP contribution is 2.44. The number of carboxylic acid groups (broad SMARTS) is 1. The van der Waals surface area contributed by atoms with Crippen LogP contribution < -0.4 is 5.32 Å². The third kappa shape index (κ3) is 4.40. The number of likely N-dealkylation sites (tertiary alicyclic amines) is 1. The molecule has 2 aliphatic carbocycles. The Morgan fingerprint density at radius 2 is 1.60 bits per heavy atom. The Bertz CT molecular complexity index is 1090. The van der Waals surface area contributed by atoms with Crippen LogP contribution in [0.25, 0.3) is 11.1 Å². The highest BCUT2D eigenvalue weighted by Gasteiger charge is 2.44. The molecule has 0 aromatic heterocycles. The van der Waals surface area contributed by atoms with Gasteiger partial charge in [-0.15, -0.1) is 0 Å². The van der Waals surface area contributed by atoms with E-state index in [1.54, 1.807) is 0 Å². The monoisotopic (exact) mass is 476 g/mol. The minimum Gasteiger partial charge on any atom is -0.480 e. The predicted molar refractivity (Wildman–Crippen MR) is 131 cm³/mol. The summed E-state index contributed by atoms with van der Waals surface area (Å²) in [7, 11) is 0. The summed E-state index contributed by atoms with van der Waals surface area (Å²) >= 11 is 0. The number of ether oxygens (including phenoxy) is 1. The molecule has 4 atom stereocenters. The van der Waals surface area contributed by atoms with E-state index in [9.17, 15) is 19.5 Å². The molecule has 35 heavy (non-hydrogen) atoms. The summed E-state index contributed by atoms with van der Waals surface area (Å²) in [6.07, 6.45) is 3.28. The van der Waals surface area contributed by atoms with E-state index in [4.69, 9.17) is 4.74 Å². The summed E-state index contributed by atoms with van der Waals surface area (Å²) in [5, 5.41) is 12.6. The number of fused-ring (bicyclic) bond motifs is 3. The number of carbonyl (C=O) groups is 3. The van der Waals surface area contributed by atoms with Gasteiger partial charge in [0.2, 0.25) is 5.91 Å². The Hall–Kier alpha value is -3.35. The second-order valence-corrected chi connectivity index (χ2v) is 10.0. The van der Waals surface area contributed by atoms with Crippen molar-refractivity contribution in [2.24, 2.45) is 11.8 Å². The largest absolute Gasteiger partial charge is 0.480 e. The van der Waals surface area contributed by atoms with Crippen molar-refractivity contribution in [3.05, 3.63) is 59.7 Å². The summed E-state index contributed by atoms with van der Waals surface area (Å²) in [5.74, 6) is -1.64. The Balaban J connectivity index is 1.25. The first-order valence-electron chi connectivity index (χ1n) is 12.6. The highest BCUT2D eigenvalue weighted by molar-refractivity contribution is 5.87. The third-order valence-electron chi connectivity index (χ3n) is 7.97. The molecule has 2 unspecified atom stereocenters. The quantitative estimate of drug-likeness (QED) is 0.667. The lowest BCUT2D eigenvalue weighted by Gasteiger charge is -2.35. The molecule has 0 radical (unpaired) electrons. The zero-order valence-electron chi connectivity index (χ0n) is 20.0. The van der Waals surface area contributed by atoms with Gasteiger partial charge in [-0.05, 0) is 47.4 Å². The Morgan fingerprint density at radius 3 is 2.26 bits per heavy atom. The van der Waals surface area contributed by atoms with Crippen LogP contribution >= 0.6 is 0 Å². The van der Waals surface area contributed by atoms with Gasteiger partial charge in [-0.2, -0.15) is 0 Å². The van der Waals surface area contributed by atoms with Crippen LogP contribution in [0.3, 0.4) is 0 Å². The maximum absolute atomic E-state index is 13.4. The van der Waals surface area contributed by atoms with Gasteiger partial charge in [0.05, 0.1) is 5.92 Å². The average Bonchev–Trinajstić information content (AvgIpc) is 3.41. The molecule has 184 valence electrons. The lowest BCUT2D eigenvalue weighted by molar-refractivity contribution is -0.151. The summed E-state index contributed by atoms with van der Waals surface area (Å²) in [5.41, 5.74) is 4.64. The van der Waals surface area contributed by atoms with Crippen LogP contribution in [-0.4, -0.2) is 53.2 Å². The van der Waals surface area contributed by atoms with Gasteiger partial charge in [-0.1, -0.05) is 68.3 Å². The van der Waals surface area contributed by atoms with Crippen LogP contribution in [0.4, 0.5) is 4.79 Å². The van der Waals surface area contributed by atoms with Gasteiger partial charge in [0, 0.05) is 18.5 Å². The van der Waals surface area contributed by atoms with Gasteiger partial charge in [-0.3, -0.25) is 4.79 Å². The second-order valence-electron chi connectivity index (χ2n) is 10.0.